The Bertz CT molecular complexity index is 450. The summed E-state index contributed by atoms with van der Waals surface area (Å²) in [6.07, 6.45) is 1.41. The number of rotatable bonds is 7. The molecule has 6 nitrogen and oxygen atoms in total. The summed E-state index contributed by atoms with van der Waals surface area (Å²) in [6, 6.07) is 0. The van der Waals surface area contributed by atoms with Crippen LogP contribution in [0.2, 0.25) is 0 Å². The predicted molar refractivity (Wildman–Crippen MR) is 84.5 cm³/mol. The average molecular weight is 365 g/mol. The zero-order chi connectivity index (χ0) is 16.0. The summed E-state index contributed by atoms with van der Waals surface area (Å²) in [7, 11) is -1.86. The molecule has 0 aliphatic heterocycles. The highest BCUT2D eigenvalue weighted by Crippen LogP contribution is 2.19. The van der Waals surface area contributed by atoms with Crippen LogP contribution >= 0.6 is 35.1 Å². The van der Waals surface area contributed by atoms with Gasteiger partial charge in [-0.25, -0.2) is 13.2 Å². The lowest BCUT2D eigenvalue weighted by Gasteiger charge is -2.18. The zero-order valence-corrected chi connectivity index (χ0v) is 14.8. The van der Waals surface area contributed by atoms with Crippen molar-refractivity contribution in [1.29, 1.82) is 0 Å². The van der Waals surface area contributed by atoms with Gasteiger partial charge in [-0.1, -0.05) is 5.16 Å². The molecule has 0 spiro atoms. The Labute approximate surface area is 133 Å². The molecule has 0 saturated heterocycles. The average Bonchev–Trinajstić information content (AvgIpc) is 2.33. The molecular formula is C10H18Cl2N2O4S2. The number of oxime groups is 1. The molecule has 0 fully saturated rings. The lowest BCUT2D eigenvalue weighted by molar-refractivity contribution is 0.137. The number of alkyl halides is 2. The van der Waals surface area contributed by atoms with Crippen molar-refractivity contribution in [3.8, 4) is 0 Å². The van der Waals surface area contributed by atoms with Crippen LogP contribution in [0.5, 0.6) is 0 Å². The third-order valence-electron chi connectivity index (χ3n) is 2.36. The van der Waals surface area contributed by atoms with Crippen molar-refractivity contribution in [2.45, 2.75) is 23.8 Å². The highest BCUT2D eigenvalue weighted by molar-refractivity contribution is 7.98. The first-order chi connectivity index (χ1) is 9.05. The number of carbonyl (C=O) groups is 1. The molecule has 20 heavy (non-hydrogen) atoms. The third kappa shape index (κ3) is 6.51. The van der Waals surface area contributed by atoms with Gasteiger partial charge in [-0.2, -0.15) is 0 Å². The second-order valence-corrected chi connectivity index (χ2v) is 9.14. The molecule has 0 aliphatic carbocycles. The number of hydrogen-bond donors (Lipinski definition) is 0. The van der Waals surface area contributed by atoms with Gasteiger partial charge in [0.25, 0.3) is 0 Å². The van der Waals surface area contributed by atoms with Crippen LogP contribution in [0.4, 0.5) is 4.79 Å². The lowest BCUT2D eigenvalue weighted by Crippen LogP contribution is -2.33. The molecule has 0 aliphatic rings. The Balaban J connectivity index is 4.49. The molecule has 0 aromatic heterocycles. The number of sulfone groups is 1. The molecular weight excluding hydrogens is 347 g/mol. The van der Waals surface area contributed by atoms with Crippen LogP contribution in [0.15, 0.2) is 5.16 Å². The van der Waals surface area contributed by atoms with Crippen LogP contribution < -0.4 is 0 Å². The Morgan fingerprint density at radius 2 is 1.95 bits per heavy atom. The summed E-state index contributed by atoms with van der Waals surface area (Å²) in [4.78, 5) is 16.2. The molecule has 0 saturated carbocycles. The van der Waals surface area contributed by atoms with E-state index < -0.39 is 20.7 Å². The van der Waals surface area contributed by atoms with Crippen LogP contribution in [-0.2, 0) is 14.7 Å². The first kappa shape index (κ1) is 19.8. The molecule has 10 heteroatoms. The normalized spacial score (nSPS) is 12.9. The highest BCUT2D eigenvalue weighted by Gasteiger charge is 2.28. The van der Waals surface area contributed by atoms with E-state index in [9.17, 15) is 13.2 Å². The van der Waals surface area contributed by atoms with E-state index in [1.54, 1.807) is 0 Å². The van der Waals surface area contributed by atoms with E-state index in [4.69, 9.17) is 23.2 Å². The van der Waals surface area contributed by atoms with Gasteiger partial charge >= 0.3 is 6.09 Å². The number of amides is 1. The molecule has 0 heterocycles. The van der Waals surface area contributed by atoms with Crippen molar-refractivity contribution in [2.24, 2.45) is 5.16 Å². The second-order valence-electron chi connectivity index (χ2n) is 4.50. The molecule has 1 amide bonds. The maximum atomic E-state index is 11.6. The van der Waals surface area contributed by atoms with Crippen LogP contribution in [0.3, 0.4) is 0 Å². The van der Waals surface area contributed by atoms with Gasteiger partial charge < -0.3 is 0 Å². The number of halogens is 2. The van der Waals surface area contributed by atoms with Gasteiger partial charge in [-0.05, 0) is 25.8 Å². The van der Waals surface area contributed by atoms with Crippen LogP contribution in [0.1, 0.15) is 13.8 Å². The van der Waals surface area contributed by atoms with E-state index >= 15 is 0 Å². The maximum Gasteiger partial charge on any atom is 0.445 e. The monoisotopic (exact) mass is 364 g/mol. The fraction of sp³-hybridized carbons (Fsp3) is 0.800. The summed E-state index contributed by atoms with van der Waals surface area (Å²) < 4.78 is 22.8. The molecule has 0 N–H and O–H groups in total. The van der Waals surface area contributed by atoms with E-state index in [0.29, 0.717) is 0 Å². The minimum atomic E-state index is -3.34. The summed E-state index contributed by atoms with van der Waals surface area (Å²) in [5, 5.41) is 3.28. The van der Waals surface area contributed by atoms with Gasteiger partial charge in [0, 0.05) is 25.1 Å². The first-order valence-corrected chi connectivity index (χ1v) is 9.32. The van der Waals surface area contributed by atoms with Crippen LogP contribution in [-0.4, -0.2) is 60.1 Å². The van der Waals surface area contributed by atoms with Crippen molar-refractivity contribution in [3.05, 3.63) is 0 Å². The van der Waals surface area contributed by atoms with Gasteiger partial charge in [0.1, 0.15) is 4.75 Å². The molecule has 0 radical (unpaired) electrons. The van der Waals surface area contributed by atoms with Crippen molar-refractivity contribution < 1.29 is 18.0 Å². The van der Waals surface area contributed by atoms with Crippen LogP contribution in [0.25, 0.3) is 0 Å². The molecule has 0 rings (SSSR count). The van der Waals surface area contributed by atoms with Gasteiger partial charge in [-0.15, -0.1) is 23.2 Å². The smallest absolute Gasteiger partial charge is 0.298 e. The van der Waals surface area contributed by atoms with E-state index in [2.05, 4.69) is 9.99 Å². The van der Waals surface area contributed by atoms with E-state index in [-0.39, 0.29) is 17.0 Å². The van der Waals surface area contributed by atoms with Crippen molar-refractivity contribution in [1.82, 2.24) is 4.31 Å². The van der Waals surface area contributed by atoms with E-state index in [0.717, 1.165) is 24.4 Å². The highest BCUT2D eigenvalue weighted by atomic mass is 35.5. The molecule has 0 atom stereocenters. The van der Waals surface area contributed by atoms with Gasteiger partial charge in [0.15, 0.2) is 9.84 Å². The Morgan fingerprint density at radius 1 is 1.45 bits per heavy atom. The Hall–Kier alpha value is -0.180. The lowest BCUT2D eigenvalue weighted by atomic mass is 10.2. The number of nitrogens with zero attached hydrogens (tertiary/aromatic N) is 2. The van der Waals surface area contributed by atoms with Gasteiger partial charge in [-0.3, -0.25) is 9.14 Å². The summed E-state index contributed by atoms with van der Waals surface area (Å²) in [6.45, 7) is 2.91. The zero-order valence-electron chi connectivity index (χ0n) is 11.7. The maximum absolute atomic E-state index is 11.6. The quantitative estimate of drug-likeness (QED) is 0.228. The summed E-state index contributed by atoms with van der Waals surface area (Å²) in [5.74, 6) is 0.576. The largest absolute Gasteiger partial charge is 0.445 e. The van der Waals surface area contributed by atoms with Crippen molar-refractivity contribution >= 4 is 57.3 Å². The van der Waals surface area contributed by atoms with E-state index in [1.165, 1.54) is 25.2 Å². The molecule has 0 aromatic carbocycles. The fourth-order valence-corrected chi connectivity index (χ4v) is 2.30. The molecule has 0 bridgehead atoms. The van der Waals surface area contributed by atoms with Crippen molar-refractivity contribution in [2.75, 3.05) is 25.1 Å². The van der Waals surface area contributed by atoms with Gasteiger partial charge in [0.05, 0.1) is 11.5 Å². The fourth-order valence-electron chi connectivity index (χ4n) is 0.716. The SMILES string of the molecule is CN(SC(CCl)CCl)C(=O)ON=CC(C)(C)S(C)(=O)=O. The first-order valence-electron chi connectivity index (χ1n) is 5.52. The third-order valence-corrected chi connectivity index (χ3v) is 6.58. The Morgan fingerprint density at radius 3 is 2.35 bits per heavy atom. The second kappa shape index (κ2) is 8.31. The van der Waals surface area contributed by atoms with Gasteiger partial charge in [0.2, 0.25) is 0 Å². The molecule has 0 unspecified atom stereocenters. The standard InChI is InChI=1S/C10H18Cl2N2O4S2/c1-10(2,20(4,16)17)7-13-18-9(15)14(3)19-8(5-11)6-12/h7-8H,5-6H2,1-4H3. The van der Waals surface area contributed by atoms with Crippen LogP contribution in [0, 0.1) is 0 Å². The summed E-state index contributed by atoms with van der Waals surface area (Å²) in [5.41, 5.74) is 0. The summed E-state index contributed by atoms with van der Waals surface area (Å²) >= 11 is 12.4. The van der Waals surface area contributed by atoms with Crippen molar-refractivity contribution in [3.63, 3.8) is 0 Å². The molecule has 0 aromatic rings. The topological polar surface area (TPSA) is 76.0 Å². The molecule has 118 valence electrons. The Kier molecular flexibility index (Phi) is 8.23. The number of carbonyl (C=O) groups excluding carboxylic acids is 1. The number of hydrogen-bond acceptors (Lipinski definition) is 6. The van der Waals surface area contributed by atoms with E-state index in [1.807, 2.05) is 0 Å². The minimum Gasteiger partial charge on any atom is -0.298 e. The predicted octanol–water partition coefficient (Wildman–Crippen LogP) is 2.36. The minimum absolute atomic E-state index is 0.132.